The van der Waals surface area contributed by atoms with Gasteiger partial charge in [0.2, 0.25) is 6.29 Å². The first-order valence-corrected chi connectivity index (χ1v) is 13.3. The fourth-order valence-corrected chi connectivity index (χ4v) is 5.42. The smallest absolute Gasteiger partial charge is 0.335 e. The summed E-state index contributed by atoms with van der Waals surface area (Å²) in [5, 5.41) is 9.45. The van der Waals surface area contributed by atoms with Crippen molar-refractivity contribution in [3.63, 3.8) is 0 Å². The van der Waals surface area contributed by atoms with Crippen molar-refractivity contribution in [1.82, 2.24) is 4.57 Å². The number of nitrogens with zero attached hydrogens (tertiary/aromatic N) is 1. The van der Waals surface area contributed by atoms with Gasteiger partial charge in [-0.05, 0) is 37.9 Å². The summed E-state index contributed by atoms with van der Waals surface area (Å²) in [6.45, 7) is 3.00. The number of aliphatic hydroxyl groups is 1. The summed E-state index contributed by atoms with van der Waals surface area (Å²) >= 11 is 7.21. The molecule has 2 unspecified atom stereocenters. The number of hydrogen-bond donors (Lipinski definition) is 1. The Hall–Kier alpha value is -1.90. The van der Waals surface area contributed by atoms with Crippen LogP contribution in [0.25, 0.3) is 10.9 Å². The summed E-state index contributed by atoms with van der Waals surface area (Å²) in [4.78, 5) is 23.7. The zero-order valence-electron chi connectivity index (χ0n) is 20.9. The molecule has 0 radical (unpaired) electrons. The summed E-state index contributed by atoms with van der Waals surface area (Å²) in [6, 6.07) is 1.91. The van der Waals surface area contributed by atoms with E-state index in [4.69, 9.17) is 38.3 Å². The van der Waals surface area contributed by atoms with Crippen LogP contribution in [0.15, 0.2) is 21.2 Å². The van der Waals surface area contributed by atoms with Gasteiger partial charge in [0.05, 0.1) is 60.0 Å². The van der Waals surface area contributed by atoms with Crippen LogP contribution in [0.1, 0.15) is 19.8 Å². The Bertz CT molecular complexity index is 1080. The van der Waals surface area contributed by atoms with E-state index >= 15 is 0 Å². The first kappa shape index (κ1) is 29.7. The van der Waals surface area contributed by atoms with Gasteiger partial charge in [0, 0.05) is 33.0 Å². The highest BCUT2D eigenvalue weighted by Crippen LogP contribution is 2.45. The lowest BCUT2D eigenvalue weighted by Gasteiger charge is -2.33. The Morgan fingerprint density at radius 2 is 1.84 bits per heavy atom. The molecular formula is C24H31Br2NO10. The van der Waals surface area contributed by atoms with E-state index in [9.17, 15) is 9.59 Å². The summed E-state index contributed by atoms with van der Waals surface area (Å²) < 4.78 is 42.1. The normalized spacial score (nSPS) is 19.6. The molecule has 3 atom stereocenters. The number of carbonyl (C=O) groups is 2. The van der Waals surface area contributed by atoms with Gasteiger partial charge in [-0.2, -0.15) is 0 Å². The molecule has 11 nitrogen and oxygen atoms in total. The van der Waals surface area contributed by atoms with Crippen LogP contribution >= 0.6 is 31.9 Å². The zero-order valence-corrected chi connectivity index (χ0v) is 24.0. The van der Waals surface area contributed by atoms with Gasteiger partial charge >= 0.3 is 11.9 Å². The van der Waals surface area contributed by atoms with E-state index < -0.39 is 30.4 Å². The lowest BCUT2D eigenvalue weighted by molar-refractivity contribution is -0.204. The summed E-state index contributed by atoms with van der Waals surface area (Å²) in [6.07, 6.45) is -0.0946. The molecule has 1 saturated heterocycles. The molecule has 206 valence electrons. The molecule has 0 amide bonds. The Balaban J connectivity index is 1.74. The maximum absolute atomic E-state index is 12.2. The summed E-state index contributed by atoms with van der Waals surface area (Å²) in [7, 11) is 3.15. The van der Waals surface area contributed by atoms with E-state index in [0.717, 1.165) is 15.4 Å². The lowest BCUT2D eigenvalue weighted by atomic mass is 10.0. The Morgan fingerprint density at radius 1 is 1.14 bits per heavy atom. The number of fused-ring (bicyclic) bond motifs is 1. The molecule has 1 N–H and O–H groups in total. The number of benzene rings is 1. The molecule has 0 aliphatic carbocycles. The summed E-state index contributed by atoms with van der Waals surface area (Å²) in [5.41, 5.74) is 0.857. The van der Waals surface area contributed by atoms with E-state index in [1.165, 1.54) is 14.0 Å². The largest absolute Gasteiger partial charge is 0.489 e. The van der Waals surface area contributed by atoms with Crippen LogP contribution < -0.4 is 9.47 Å². The molecule has 1 aliphatic heterocycles. The average molecular weight is 653 g/mol. The highest BCUT2D eigenvalue weighted by Gasteiger charge is 2.37. The molecule has 1 fully saturated rings. The molecule has 2 heterocycles. The Kier molecular flexibility index (Phi) is 11.5. The fraction of sp³-hybridized carbons (Fsp3) is 0.583. The van der Waals surface area contributed by atoms with Crippen molar-refractivity contribution in [2.45, 2.75) is 38.3 Å². The number of rotatable bonds is 13. The van der Waals surface area contributed by atoms with Gasteiger partial charge in [-0.25, -0.2) is 4.79 Å². The van der Waals surface area contributed by atoms with Crippen LogP contribution in [-0.4, -0.2) is 86.9 Å². The molecule has 0 bridgehead atoms. The minimum Gasteiger partial charge on any atom is -0.489 e. The topological polar surface area (TPSA) is 124 Å². The van der Waals surface area contributed by atoms with Crippen LogP contribution in [0.3, 0.4) is 0 Å². The van der Waals surface area contributed by atoms with Crippen LogP contribution in [0.5, 0.6) is 11.5 Å². The quantitative estimate of drug-likeness (QED) is 0.255. The fourth-order valence-electron chi connectivity index (χ4n) is 3.90. The van der Waals surface area contributed by atoms with Gasteiger partial charge in [0.25, 0.3) is 0 Å². The number of esters is 2. The van der Waals surface area contributed by atoms with Crippen molar-refractivity contribution in [2.24, 2.45) is 7.05 Å². The van der Waals surface area contributed by atoms with Gasteiger partial charge in [-0.15, -0.1) is 0 Å². The average Bonchev–Trinajstić information content (AvgIpc) is 3.15. The first-order chi connectivity index (χ1) is 17.7. The maximum atomic E-state index is 12.2. The molecule has 1 aromatic carbocycles. The number of aryl methyl sites for hydroxylation is 1. The number of hydrogen-bond acceptors (Lipinski definition) is 10. The van der Waals surface area contributed by atoms with Gasteiger partial charge in [-0.3, -0.25) is 4.79 Å². The highest BCUT2D eigenvalue weighted by molar-refractivity contribution is 9.11. The molecule has 0 spiro atoms. The van der Waals surface area contributed by atoms with E-state index in [1.54, 1.807) is 6.20 Å². The molecular weight excluding hydrogens is 622 g/mol. The van der Waals surface area contributed by atoms with Crippen molar-refractivity contribution in [2.75, 3.05) is 46.8 Å². The second kappa shape index (κ2) is 14.3. The van der Waals surface area contributed by atoms with E-state index in [0.29, 0.717) is 42.4 Å². The molecule has 13 heteroatoms. The SMILES string of the molecule is COC(=O)[C@@H]1CC(OC(C)=O)CC(Oc2cn(C)c3cc(Br)c(OCCOCCOCCO)c(Br)c23)O1. The number of aliphatic hydroxyl groups excluding tert-OH is 1. The predicted octanol–water partition coefficient (Wildman–Crippen LogP) is 3.10. The number of methoxy groups -OCH3 is 1. The third kappa shape index (κ3) is 8.04. The molecule has 37 heavy (non-hydrogen) atoms. The molecule has 1 aliphatic rings. The third-order valence-electron chi connectivity index (χ3n) is 5.48. The van der Waals surface area contributed by atoms with Gasteiger partial charge in [-0.1, -0.05) is 0 Å². The zero-order chi connectivity index (χ0) is 26.9. The standard InChI is InChI=1S/C24H31Br2NO10/c1-14(29)35-15-10-18(24(30)31-3)36-20(11-15)37-19-13-27(2)17-12-16(25)23(22(26)21(17)19)34-9-8-33-7-6-32-5-4-28/h12-13,15,18,20,28H,4-11H2,1-3H3/t15?,18-,20?/m0/s1. The Morgan fingerprint density at radius 3 is 2.51 bits per heavy atom. The minimum atomic E-state index is -0.923. The van der Waals surface area contributed by atoms with Gasteiger partial charge in [0.15, 0.2) is 6.10 Å². The van der Waals surface area contributed by atoms with Crippen LogP contribution in [-0.2, 0) is 40.3 Å². The van der Waals surface area contributed by atoms with E-state index in [2.05, 4.69) is 31.9 Å². The second-order valence-corrected chi connectivity index (χ2v) is 9.84. The van der Waals surface area contributed by atoms with Gasteiger partial charge in [0.1, 0.15) is 24.2 Å². The Labute approximate surface area is 231 Å². The van der Waals surface area contributed by atoms with Crippen LogP contribution in [0.2, 0.25) is 0 Å². The highest BCUT2D eigenvalue weighted by atomic mass is 79.9. The van der Waals surface area contributed by atoms with Crippen molar-refractivity contribution in [1.29, 1.82) is 0 Å². The van der Waals surface area contributed by atoms with Crippen molar-refractivity contribution < 1.29 is 47.9 Å². The van der Waals surface area contributed by atoms with Crippen molar-refractivity contribution in [3.8, 4) is 11.5 Å². The number of carbonyl (C=O) groups excluding carboxylic acids is 2. The first-order valence-electron chi connectivity index (χ1n) is 11.7. The molecule has 3 rings (SSSR count). The van der Waals surface area contributed by atoms with Crippen LogP contribution in [0, 0.1) is 0 Å². The molecule has 2 aromatic rings. The molecule has 1 aromatic heterocycles. The predicted molar refractivity (Wildman–Crippen MR) is 139 cm³/mol. The van der Waals surface area contributed by atoms with E-state index in [-0.39, 0.29) is 26.1 Å². The van der Waals surface area contributed by atoms with E-state index in [1.807, 2.05) is 17.7 Å². The third-order valence-corrected chi connectivity index (χ3v) is 6.82. The maximum Gasteiger partial charge on any atom is 0.335 e. The number of aromatic nitrogens is 1. The number of ether oxygens (including phenoxy) is 7. The second-order valence-electron chi connectivity index (χ2n) is 8.19. The monoisotopic (exact) mass is 651 g/mol. The van der Waals surface area contributed by atoms with Gasteiger partial charge < -0.3 is 42.8 Å². The summed E-state index contributed by atoms with van der Waals surface area (Å²) in [5.74, 6) is 0.0522. The molecule has 0 saturated carbocycles. The van der Waals surface area contributed by atoms with Crippen molar-refractivity contribution in [3.05, 3.63) is 21.2 Å². The van der Waals surface area contributed by atoms with Crippen LogP contribution in [0.4, 0.5) is 0 Å². The number of halogens is 2. The van der Waals surface area contributed by atoms with Crippen molar-refractivity contribution >= 4 is 54.7 Å². The lowest BCUT2D eigenvalue weighted by Crippen LogP contribution is -2.44. The minimum absolute atomic E-state index is 0.0235.